The number of aromatic carboxylic acids is 1. The van der Waals surface area contributed by atoms with Gasteiger partial charge in [-0.15, -0.1) is 0 Å². The number of aromatic hydroxyl groups is 1. The lowest BCUT2D eigenvalue weighted by Crippen LogP contribution is -2.01. The number of phenolic OH excluding ortho intramolecular Hbond substituents is 1. The summed E-state index contributed by atoms with van der Waals surface area (Å²) in [6, 6.07) is 8.69. The first-order chi connectivity index (χ1) is 7.11. The first kappa shape index (κ1) is 9.52. The molecule has 0 amide bonds. The molecule has 2 N–H and O–H groups in total. The van der Waals surface area contributed by atoms with E-state index in [-0.39, 0.29) is 11.3 Å². The smallest absolute Gasteiger partial charge is 0.336 e. The van der Waals surface area contributed by atoms with E-state index >= 15 is 0 Å². The summed E-state index contributed by atoms with van der Waals surface area (Å²) < 4.78 is 0. The summed E-state index contributed by atoms with van der Waals surface area (Å²) in [4.78, 5) is 11.1. The van der Waals surface area contributed by atoms with Crippen LogP contribution in [-0.2, 0) is 0 Å². The van der Waals surface area contributed by atoms with Crippen molar-refractivity contribution in [2.45, 2.75) is 6.92 Å². The lowest BCUT2D eigenvalue weighted by molar-refractivity contribution is 0.0698. The van der Waals surface area contributed by atoms with Gasteiger partial charge in [-0.05, 0) is 23.8 Å². The summed E-state index contributed by atoms with van der Waals surface area (Å²) in [5.74, 6) is -0.995. The van der Waals surface area contributed by atoms with Crippen molar-refractivity contribution < 1.29 is 15.0 Å². The molecule has 0 saturated heterocycles. The highest BCUT2D eigenvalue weighted by molar-refractivity contribution is 6.05. The summed E-state index contributed by atoms with van der Waals surface area (Å²) >= 11 is 0. The molecule has 3 heteroatoms. The predicted octanol–water partition coefficient (Wildman–Crippen LogP) is 2.55. The van der Waals surface area contributed by atoms with Crippen molar-refractivity contribution in [1.29, 1.82) is 0 Å². The zero-order valence-corrected chi connectivity index (χ0v) is 8.19. The summed E-state index contributed by atoms with van der Waals surface area (Å²) in [6.45, 7) is 1.60. The Bertz CT molecular complexity index is 544. The Kier molecular flexibility index (Phi) is 2.08. The van der Waals surface area contributed by atoms with Crippen LogP contribution in [0.4, 0.5) is 0 Å². The molecular formula is C12H10O3. The third-order valence-electron chi connectivity index (χ3n) is 2.50. The maximum atomic E-state index is 11.1. The van der Waals surface area contributed by atoms with E-state index in [2.05, 4.69) is 0 Å². The zero-order valence-electron chi connectivity index (χ0n) is 8.19. The maximum Gasteiger partial charge on any atom is 0.336 e. The zero-order chi connectivity index (χ0) is 11.0. The molecule has 0 aliphatic rings. The van der Waals surface area contributed by atoms with Crippen molar-refractivity contribution in [2.75, 3.05) is 0 Å². The van der Waals surface area contributed by atoms with Gasteiger partial charge in [0, 0.05) is 5.56 Å². The number of rotatable bonds is 1. The van der Waals surface area contributed by atoms with Gasteiger partial charge in [0.2, 0.25) is 0 Å². The normalized spacial score (nSPS) is 10.5. The fourth-order valence-corrected chi connectivity index (χ4v) is 1.71. The lowest BCUT2D eigenvalue weighted by atomic mass is 9.99. The number of benzene rings is 2. The molecule has 2 aromatic carbocycles. The lowest BCUT2D eigenvalue weighted by Gasteiger charge is -2.08. The summed E-state index contributed by atoms with van der Waals surface area (Å²) in [7, 11) is 0. The van der Waals surface area contributed by atoms with Gasteiger partial charge in [-0.2, -0.15) is 0 Å². The van der Waals surface area contributed by atoms with Crippen LogP contribution in [0.15, 0.2) is 30.3 Å². The minimum absolute atomic E-state index is 0.0195. The molecule has 0 unspecified atom stereocenters. The predicted molar refractivity (Wildman–Crippen MR) is 57.3 cm³/mol. The van der Waals surface area contributed by atoms with Crippen LogP contribution >= 0.6 is 0 Å². The number of hydrogen-bond donors (Lipinski definition) is 2. The molecule has 0 saturated carbocycles. The highest BCUT2D eigenvalue weighted by atomic mass is 16.4. The van der Waals surface area contributed by atoms with Crippen LogP contribution < -0.4 is 0 Å². The minimum atomic E-state index is -1.01. The molecule has 0 aliphatic carbocycles. The van der Waals surface area contributed by atoms with Gasteiger partial charge in [0.25, 0.3) is 0 Å². The van der Waals surface area contributed by atoms with Crippen LogP contribution in [0.1, 0.15) is 15.9 Å². The Hall–Kier alpha value is -2.03. The van der Waals surface area contributed by atoms with Crippen molar-refractivity contribution >= 4 is 16.7 Å². The SMILES string of the molecule is Cc1c(O)cc2ccccc2c1C(=O)O. The summed E-state index contributed by atoms with van der Waals surface area (Å²) in [5.41, 5.74) is 0.576. The van der Waals surface area contributed by atoms with Gasteiger partial charge in [-0.1, -0.05) is 24.3 Å². The standard InChI is InChI=1S/C12H10O3/c1-7-10(13)6-8-4-2-3-5-9(8)11(7)12(14)15/h2-6,13H,1H3,(H,14,15). The van der Waals surface area contributed by atoms with Crippen LogP contribution in [0.3, 0.4) is 0 Å². The van der Waals surface area contributed by atoms with Crippen molar-refractivity contribution in [3.63, 3.8) is 0 Å². The topological polar surface area (TPSA) is 57.5 Å². The van der Waals surface area contributed by atoms with Gasteiger partial charge in [0.15, 0.2) is 0 Å². The fourth-order valence-electron chi connectivity index (χ4n) is 1.71. The maximum absolute atomic E-state index is 11.1. The van der Waals surface area contributed by atoms with Crippen LogP contribution in [0, 0.1) is 6.92 Å². The number of carboxylic acid groups (broad SMARTS) is 1. The molecule has 0 radical (unpaired) electrons. The Labute approximate surface area is 86.6 Å². The summed E-state index contributed by atoms with van der Waals surface area (Å²) in [6.07, 6.45) is 0. The van der Waals surface area contributed by atoms with E-state index in [0.29, 0.717) is 10.9 Å². The van der Waals surface area contributed by atoms with Crippen LogP contribution in [-0.4, -0.2) is 16.2 Å². The summed E-state index contributed by atoms with van der Waals surface area (Å²) in [5, 5.41) is 20.0. The molecule has 15 heavy (non-hydrogen) atoms. The third kappa shape index (κ3) is 1.42. The van der Waals surface area contributed by atoms with Gasteiger partial charge in [-0.3, -0.25) is 0 Å². The third-order valence-corrected chi connectivity index (χ3v) is 2.50. The van der Waals surface area contributed by atoms with Crippen molar-refractivity contribution in [3.05, 3.63) is 41.5 Å². The number of fused-ring (bicyclic) bond motifs is 1. The Balaban J connectivity index is 2.95. The van der Waals surface area contributed by atoms with Crippen LogP contribution in [0.2, 0.25) is 0 Å². The molecule has 2 rings (SSSR count). The van der Waals surface area contributed by atoms with E-state index in [9.17, 15) is 9.90 Å². The quantitative estimate of drug-likeness (QED) is 0.747. The average molecular weight is 202 g/mol. The molecule has 0 atom stereocenters. The molecule has 0 heterocycles. The van der Waals surface area contributed by atoms with E-state index < -0.39 is 5.97 Å². The number of phenols is 1. The molecule has 0 bridgehead atoms. The number of hydrogen-bond acceptors (Lipinski definition) is 2. The number of carboxylic acids is 1. The van der Waals surface area contributed by atoms with Crippen molar-refractivity contribution in [3.8, 4) is 5.75 Å². The molecule has 2 aromatic rings. The van der Waals surface area contributed by atoms with E-state index in [1.807, 2.05) is 6.07 Å². The molecule has 0 fully saturated rings. The number of carbonyl (C=O) groups is 1. The van der Waals surface area contributed by atoms with Gasteiger partial charge in [-0.25, -0.2) is 4.79 Å². The Morgan fingerprint density at radius 2 is 1.93 bits per heavy atom. The Morgan fingerprint density at radius 1 is 1.27 bits per heavy atom. The van der Waals surface area contributed by atoms with Crippen LogP contribution in [0.5, 0.6) is 5.75 Å². The second kappa shape index (κ2) is 3.28. The second-order valence-corrected chi connectivity index (χ2v) is 3.42. The average Bonchev–Trinajstić information content (AvgIpc) is 2.19. The highest BCUT2D eigenvalue weighted by Gasteiger charge is 2.14. The van der Waals surface area contributed by atoms with Crippen molar-refractivity contribution in [2.24, 2.45) is 0 Å². The minimum Gasteiger partial charge on any atom is -0.508 e. The highest BCUT2D eigenvalue weighted by Crippen LogP contribution is 2.29. The molecule has 3 nitrogen and oxygen atoms in total. The van der Waals surface area contributed by atoms with Gasteiger partial charge in [0.1, 0.15) is 5.75 Å². The molecular weight excluding hydrogens is 192 g/mol. The molecule has 0 aliphatic heterocycles. The van der Waals surface area contributed by atoms with Crippen LogP contribution in [0.25, 0.3) is 10.8 Å². The van der Waals surface area contributed by atoms with Crippen molar-refractivity contribution in [1.82, 2.24) is 0 Å². The van der Waals surface area contributed by atoms with E-state index in [1.54, 1.807) is 31.2 Å². The van der Waals surface area contributed by atoms with Gasteiger partial charge < -0.3 is 10.2 Å². The van der Waals surface area contributed by atoms with E-state index in [0.717, 1.165) is 5.39 Å². The first-order valence-corrected chi connectivity index (χ1v) is 4.56. The fraction of sp³-hybridized carbons (Fsp3) is 0.0833. The Morgan fingerprint density at radius 3 is 2.60 bits per heavy atom. The molecule has 0 aromatic heterocycles. The van der Waals surface area contributed by atoms with Gasteiger partial charge >= 0.3 is 5.97 Å². The largest absolute Gasteiger partial charge is 0.508 e. The molecule has 76 valence electrons. The first-order valence-electron chi connectivity index (χ1n) is 4.56. The van der Waals surface area contributed by atoms with E-state index in [4.69, 9.17) is 5.11 Å². The second-order valence-electron chi connectivity index (χ2n) is 3.42. The molecule has 0 spiro atoms. The van der Waals surface area contributed by atoms with E-state index in [1.165, 1.54) is 0 Å². The monoisotopic (exact) mass is 202 g/mol. The van der Waals surface area contributed by atoms with Gasteiger partial charge in [0.05, 0.1) is 5.56 Å².